The number of ketones is 1. The van der Waals surface area contributed by atoms with Crippen molar-refractivity contribution >= 4 is 16.7 Å². The van der Waals surface area contributed by atoms with Gasteiger partial charge in [0.05, 0.1) is 31.1 Å². The van der Waals surface area contributed by atoms with Gasteiger partial charge < -0.3 is 14.0 Å². The molecule has 1 aliphatic heterocycles. The Kier molecular flexibility index (Phi) is 3.34. The number of para-hydroxylation sites is 1. The molecule has 0 saturated carbocycles. The molecule has 0 atom stereocenters. The van der Waals surface area contributed by atoms with Crippen molar-refractivity contribution in [2.45, 2.75) is 0 Å². The second kappa shape index (κ2) is 5.74. The maximum Gasteiger partial charge on any atom is 0.211 e. The summed E-state index contributed by atoms with van der Waals surface area (Å²) in [7, 11) is 3.29. The van der Waals surface area contributed by atoms with E-state index in [0.717, 1.165) is 33.5 Å². The van der Waals surface area contributed by atoms with Crippen LogP contribution in [0.1, 0.15) is 16.1 Å². The minimum Gasteiger partial charge on any atom is -0.496 e. The van der Waals surface area contributed by atoms with Gasteiger partial charge in [-0.2, -0.15) is 0 Å². The van der Waals surface area contributed by atoms with Crippen LogP contribution >= 0.6 is 0 Å². The van der Waals surface area contributed by atoms with E-state index in [2.05, 4.69) is 0 Å². The molecule has 0 aliphatic carbocycles. The summed E-state index contributed by atoms with van der Waals surface area (Å²) >= 11 is 0. The van der Waals surface area contributed by atoms with Crippen LogP contribution in [0.3, 0.4) is 0 Å². The lowest BCUT2D eigenvalue weighted by Crippen LogP contribution is -1.97. The molecule has 0 saturated heterocycles. The highest BCUT2D eigenvalue weighted by molar-refractivity contribution is 6.19. The summed E-state index contributed by atoms with van der Waals surface area (Å²) in [6.07, 6.45) is 0. The Morgan fingerprint density at radius 3 is 2.26 bits per heavy atom. The zero-order valence-electron chi connectivity index (χ0n) is 15.0. The van der Waals surface area contributed by atoms with Crippen molar-refractivity contribution in [3.05, 3.63) is 78.0 Å². The van der Waals surface area contributed by atoms with Crippen LogP contribution in [0.4, 0.5) is 0 Å². The third kappa shape index (κ3) is 2.07. The molecule has 4 heteroatoms. The maximum absolute atomic E-state index is 13.0. The van der Waals surface area contributed by atoms with E-state index in [1.807, 2.05) is 71.3 Å². The van der Waals surface area contributed by atoms with Crippen LogP contribution in [-0.2, 0) is 0 Å². The van der Waals surface area contributed by atoms with E-state index < -0.39 is 0 Å². The highest BCUT2D eigenvalue weighted by Crippen LogP contribution is 2.46. The Morgan fingerprint density at radius 2 is 1.52 bits per heavy atom. The first-order chi connectivity index (χ1) is 13.2. The number of ether oxygens (including phenoxy) is 2. The molecule has 0 N–H and O–H groups in total. The number of carbonyl (C=O) groups excluding carboxylic acids is 1. The predicted molar refractivity (Wildman–Crippen MR) is 105 cm³/mol. The van der Waals surface area contributed by atoms with E-state index >= 15 is 0 Å². The molecule has 0 amide bonds. The average molecular weight is 355 g/mol. The number of nitrogens with zero attached hydrogens (tertiary/aromatic N) is 1. The van der Waals surface area contributed by atoms with Gasteiger partial charge in [-0.3, -0.25) is 4.79 Å². The topological polar surface area (TPSA) is 40.5 Å². The summed E-state index contributed by atoms with van der Waals surface area (Å²) in [4.78, 5) is 13.0. The molecule has 132 valence electrons. The summed E-state index contributed by atoms with van der Waals surface area (Å²) in [6.45, 7) is 0. The zero-order chi connectivity index (χ0) is 18.5. The smallest absolute Gasteiger partial charge is 0.211 e. The number of benzene rings is 3. The molecule has 5 rings (SSSR count). The van der Waals surface area contributed by atoms with Crippen LogP contribution in [0.2, 0.25) is 0 Å². The number of fused-ring (bicyclic) bond motifs is 5. The summed E-state index contributed by atoms with van der Waals surface area (Å²) in [5.41, 5.74) is 5.12. The van der Waals surface area contributed by atoms with Crippen molar-refractivity contribution in [2.24, 2.45) is 0 Å². The van der Waals surface area contributed by atoms with Crippen LogP contribution < -0.4 is 9.47 Å². The molecule has 4 aromatic rings. The molecular weight excluding hydrogens is 338 g/mol. The van der Waals surface area contributed by atoms with Crippen LogP contribution in [0.15, 0.2) is 66.7 Å². The number of rotatable bonds is 3. The Hall–Kier alpha value is -3.53. The highest BCUT2D eigenvalue weighted by atomic mass is 16.5. The number of methoxy groups -OCH3 is 2. The molecule has 0 radical (unpaired) electrons. The van der Waals surface area contributed by atoms with Gasteiger partial charge in [-0.1, -0.05) is 42.5 Å². The summed E-state index contributed by atoms with van der Waals surface area (Å²) < 4.78 is 13.4. The van der Waals surface area contributed by atoms with E-state index in [4.69, 9.17) is 9.47 Å². The Bertz CT molecular complexity index is 1210. The average Bonchev–Trinajstić information content (AvgIpc) is 3.24. The maximum atomic E-state index is 13.0. The van der Waals surface area contributed by atoms with E-state index in [-0.39, 0.29) is 5.78 Å². The lowest BCUT2D eigenvalue weighted by Gasteiger charge is -2.15. The Balaban J connectivity index is 1.95. The van der Waals surface area contributed by atoms with E-state index in [1.165, 1.54) is 0 Å². The molecule has 3 aromatic carbocycles. The fourth-order valence-electron chi connectivity index (χ4n) is 3.97. The first-order valence-electron chi connectivity index (χ1n) is 8.74. The second-order valence-electron chi connectivity index (χ2n) is 6.50. The first kappa shape index (κ1) is 15.7. The molecule has 0 fully saturated rings. The molecule has 1 aromatic heterocycles. The van der Waals surface area contributed by atoms with Gasteiger partial charge in [0.25, 0.3) is 0 Å². The molecule has 0 unspecified atom stereocenters. The number of hydrogen-bond donors (Lipinski definition) is 0. The third-order valence-electron chi connectivity index (χ3n) is 5.14. The van der Waals surface area contributed by atoms with Crippen LogP contribution in [0.5, 0.6) is 11.5 Å². The fraction of sp³-hybridized carbons (Fsp3) is 0.0870. The van der Waals surface area contributed by atoms with Gasteiger partial charge in [-0.05, 0) is 23.8 Å². The van der Waals surface area contributed by atoms with Crippen LogP contribution in [0, 0.1) is 0 Å². The van der Waals surface area contributed by atoms with Gasteiger partial charge in [0.1, 0.15) is 11.5 Å². The van der Waals surface area contributed by atoms with Gasteiger partial charge in [-0.25, -0.2) is 0 Å². The first-order valence-corrected chi connectivity index (χ1v) is 8.74. The molecule has 0 spiro atoms. The quantitative estimate of drug-likeness (QED) is 0.464. The van der Waals surface area contributed by atoms with Gasteiger partial charge in [0, 0.05) is 22.6 Å². The molecule has 0 bridgehead atoms. The van der Waals surface area contributed by atoms with Gasteiger partial charge in [0.2, 0.25) is 5.78 Å². The lowest BCUT2D eigenvalue weighted by atomic mass is 9.99. The molecular formula is C23H17NO3. The van der Waals surface area contributed by atoms with E-state index in [0.29, 0.717) is 17.0 Å². The lowest BCUT2D eigenvalue weighted by molar-refractivity contribution is 0.104. The summed E-state index contributed by atoms with van der Waals surface area (Å²) in [5, 5.41) is 0.940. The summed E-state index contributed by atoms with van der Waals surface area (Å²) in [5.74, 6) is 1.43. The van der Waals surface area contributed by atoms with E-state index in [1.54, 1.807) is 14.2 Å². The van der Waals surface area contributed by atoms with Gasteiger partial charge in [0.15, 0.2) is 0 Å². The Labute approximate surface area is 156 Å². The van der Waals surface area contributed by atoms with Crippen LogP contribution in [-0.4, -0.2) is 24.6 Å². The number of aromatic nitrogens is 1. The molecule has 1 aliphatic rings. The molecule has 4 nitrogen and oxygen atoms in total. The Morgan fingerprint density at radius 1 is 0.815 bits per heavy atom. The normalized spacial score (nSPS) is 12.1. The highest BCUT2D eigenvalue weighted by Gasteiger charge is 2.31. The van der Waals surface area contributed by atoms with Gasteiger partial charge in [-0.15, -0.1) is 0 Å². The third-order valence-corrected chi connectivity index (χ3v) is 5.14. The zero-order valence-corrected chi connectivity index (χ0v) is 15.0. The second-order valence-corrected chi connectivity index (χ2v) is 6.50. The van der Waals surface area contributed by atoms with Gasteiger partial charge >= 0.3 is 0 Å². The van der Waals surface area contributed by atoms with Crippen molar-refractivity contribution in [3.8, 4) is 28.3 Å². The fourth-order valence-corrected chi connectivity index (χ4v) is 3.97. The number of hydrogen-bond acceptors (Lipinski definition) is 3. The number of carbonyl (C=O) groups is 1. The SMILES string of the molecule is COc1cc(OC)c2c(cc3n2-c2ccccc2C3=O)c1-c1ccccc1. The molecule has 2 heterocycles. The monoisotopic (exact) mass is 355 g/mol. The van der Waals surface area contributed by atoms with Crippen LogP contribution in [0.25, 0.3) is 27.7 Å². The van der Waals surface area contributed by atoms with Crippen molar-refractivity contribution in [3.63, 3.8) is 0 Å². The van der Waals surface area contributed by atoms with Crippen molar-refractivity contribution in [1.82, 2.24) is 4.57 Å². The van der Waals surface area contributed by atoms with Crippen molar-refractivity contribution in [1.29, 1.82) is 0 Å². The van der Waals surface area contributed by atoms with E-state index in [9.17, 15) is 4.79 Å². The standard InChI is InChI=1S/C23H17NO3/c1-26-19-13-20(27-2)22-16(21(19)14-8-4-3-5-9-14)12-18-23(25)15-10-6-7-11-17(15)24(18)22/h3-13H,1-2H3. The predicted octanol–water partition coefficient (Wildman–Crippen LogP) is 4.86. The summed E-state index contributed by atoms with van der Waals surface area (Å²) in [6, 6.07) is 21.6. The molecule has 27 heavy (non-hydrogen) atoms. The minimum absolute atomic E-state index is 0.0295. The van der Waals surface area contributed by atoms with Crippen molar-refractivity contribution in [2.75, 3.05) is 14.2 Å². The van der Waals surface area contributed by atoms with Crippen molar-refractivity contribution < 1.29 is 14.3 Å². The minimum atomic E-state index is 0.0295. The largest absolute Gasteiger partial charge is 0.496 e.